The molecule has 0 aliphatic rings. The summed E-state index contributed by atoms with van der Waals surface area (Å²) >= 11 is 0.155. The maximum atomic E-state index is 11.6. The van der Waals surface area contributed by atoms with Crippen molar-refractivity contribution >= 4 is 22.5 Å². The molecule has 0 spiro atoms. The summed E-state index contributed by atoms with van der Waals surface area (Å²) in [4.78, 5) is 11.6. The summed E-state index contributed by atoms with van der Waals surface area (Å²) in [6.45, 7) is 0. The van der Waals surface area contributed by atoms with Crippen molar-refractivity contribution in [2.24, 2.45) is 0 Å². The van der Waals surface area contributed by atoms with Gasteiger partial charge in [0.1, 0.15) is 0 Å². The Kier molecular flexibility index (Phi) is 4.64. The molecule has 0 bridgehead atoms. The first kappa shape index (κ1) is 13.2. The molecule has 1 amide bonds. The second-order valence-electron chi connectivity index (χ2n) is 3.98. The number of amides is 1. The van der Waals surface area contributed by atoms with Crippen LogP contribution in [0.15, 0.2) is 60.7 Å². The van der Waals surface area contributed by atoms with Crippen LogP contribution in [0.5, 0.6) is 0 Å². The average molecular weight is 271 g/mol. The minimum Gasteiger partial charge on any atom is -0.341 e. The van der Waals surface area contributed by atoms with Crippen molar-refractivity contribution in [3.8, 4) is 0 Å². The maximum absolute atomic E-state index is 11.6. The standard InChI is InChI=1S/C15H13NO2S/c17-14(11-19-18)16-15(12-7-3-1-4-8-12)13-9-5-2-6-10-13/h1-11,15H,(H,16,17). The van der Waals surface area contributed by atoms with Gasteiger partial charge in [-0.2, -0.15) is 0 Å². The zero-order chi connectivity index (χ0) is 13.5. The summed E-state index contributed by atoms with van der Waals surface area (Å²) < 4.78 is 10.4. The number of carbonyl (C=O) groups is 1. The fraction of sp³-hybridized carbons (Fsp3) is 0.0667. The Balaban J connectivity index is 2.34. The third kappa shape index (κ3) is 3.63. The van der Waals surface area contributed by atoms with Crippen LogP contribution in [0.3, 0.4) is 0 Å². The van der Waals surface area contributed by atoms with Crippen LogP contribution in [0.4, 0.5) is 0 Å². The van der Waals surface area contributed by atoms with Crippen molar-refractivity contribution in [2.75, 3.05) is 0 Å². The molecule has 2 rings (SSSR count). The van der Waals surface area contributed by atoms with Crippen molar-refractivity contribution in [3.63, 3.8) is 0 Å². The predicted octanol–water partition coefficient (Wildman–Crippen LogP) is 1.91. The number of rotatable bonds is 4. The first-order valence-corrected chi connectivity index (χ1v) is 6.64. The molecule has 0 saturated heterocycles. The Hall–Kier alpha value is -2.20. The lowest BCUT2D eigenvalue weighted by Gasteiger charge is -2.18. The molecule has 96 valence electrons. The lowest BCUT2D eigenvalue weighted by molar-refractivity contribution is -0.114. The SMILES string of the molecule is O=S=CC(=O)NC(c1ccccc1)c1ccccc1. The largest absolute Gasteiger partial charge is 0.341 e. The predicted molar refractivity (Wildman–Crippen MR) is 77.1 cm³/mol. The molecule has 0 radical (unpaired) electrons. The van der Waals surface area contributed by atoms with Gasteiger partial charge in [0.25, 0.3) is 5.91 Å². The second kappa shape index (κ2) is 6.66. The van der Waals surface area contributed by atoms with Crippen LogP contribution in [0.1, 0.15) is 17.2 Å². The molecule has 0 unspecified atom stereocenters. The van der Waals surface area contributed by atoms with Crippen LogP contribution in [-0.4, -0.2) is 15.5 Å². The molecule has 1 N–H and O–H groups in total. The molecule has 4 heteroatoms. The minimum absolute atomic E-state index is 0.155. The summed E-state index contributed by atoms with van der Waals surface area (Å²) in [6.07, 6.45) is 0. The maximum Gasteiger partial charge on any atom is 0.257 e. The molecule has 0 aliphatic carbocycles. The molecule has 0 saturated carbocycles. The zero-order valence-corrected chi connectivity index (χ0v) is 11.0. The van der Waals surface area contributed by atoms with E-state index in [0.29, 0.717) is 0 Å². The Bertz CT molecular complexity index is 553. The van der Waals surface area contributed by atoms with Crippen molar-refractivity contribution in [1.82, 2.24) is 5.32 Å². The van der Waals surface area contributed by atoms with Gasteiger partial charge in [0.05, 0.1) is 22.7 Å². The topological polar surface area (TPSA) is 46.2 Å². The van der Waals surface area contributed by atoms with Crippen molar-refractivity contribution < 1.29 is 9.00 Å². The lowest BCUT2D eigenvalue weighted by atomic mass is 9.99. The van der Waals surface area contributed by atoms with Gasteiger partial charge in [0, 0.05) is 0 Å². The summed E-state index contributed by atoms with van der Waals surface area (Å²) in [5.74, 6) is -0.377. The van der Waals surface area contributed by atoms with Crippen LogP contribution in [0.2, 0.25) is 0 Å². The Labute approximate surface area is 115 Å². The molecular formula is C15H13NO2S. The van der Waals surface area contributed by atoms with Gasteiger partial charge < -0.3 is 5.32 Å². The third-order valence-corrected chi connectivity index (χ3v) is 3.02. The van der Waals surface area contributed by atoms with E-state index in [2.05, 4.69) is 5.32 Å². The molecule has 0 heterocycles. The highest BCUT2D eigenvalue weighted by molar-refractivity contribution is 7.66. The highest BCUT2D eigenvalue weighted by Gasteiger charge is 2.15. The van der Waals surface area contributed by atoms with E-state index in [1.807, 2.05) is 60.7 Å². The van der Waals surface area contributed by atoms with Crippen LogP contribution >= 0.6 is 0 Å². The van der Waals surface area contributed by atoms with E-state index < -0.39 is 0 Å². The van der Waals surface area contributed by atoms with Crippen molar-refractivity contribution in [1.29, 1.82) is 0 Å². The van der Waals surface area contributed by atoms with Gasteiger partial charge in [-0.15, -0.1) is 0 Å². The van der Waals surface area contributed by atoms with Gasteiger partial charge in [-0.25, -0.2) is 4.21 Å². The van der Waals surface area contributed by atoms with E-state index in [-0.39, 0.29) is 23.2 Å². The minimum atomic E-state index is -0.377. The highest BCUT2D eigenvalue weighted by atomic mass is 32.1. The first-order valence-electron chi connectivity index (χ1n) is 5.83. The van der Waals surface area contributed by atoms with Gasteiger partial charge in [-0.05, 0) is 11.1 Å². The molecular weight excluding hydrogens is 258 g/mol. The molecule has 0 atom stereocenters. The van der Waals surface area contributed by atoms with E-state index in [1.54, 1.807) is 0 Å². The van der Waals surface area contributed by atoms with E-state index >= 15 is 0 Å². The molecule has 3 nitrogen and oxygen atoms in total. The number of hydrogen-bond donors (Lipinski definition) is 1. The van der Waals surface area contributed by atoms with E-state index in [9.17, 15) is 9.00 Å². The Morgan fingerprint density at radius 1 is 0.947 bits per heavy atom. The van der Waals surface area contributed by atoms with Crippen LogP contribution in [-0.2, 0) is 16.1 Å². The van der Waals surface area contributed by atoms with Crippen molar-refractivity contribution in [3.05, 3.63) is 71.8 Å². The monoisotopic (exact) mass is 271 g/mol. The lowest BCUT2D eigenvalue weighted by Crippen LogP contribution is -2.29. The van der Waals surface area contributed by atoms with Crippen LogP contribution in [0.25, 0.3) is 0 Å². The van der Waals surface area contributed by atoms with Gasteiger partial charge in [0.2, 0.25) is 0 Å². The van der Waals surface area contributed by atoms with Gasteiger partial charge in [0.15, 0.2) is 0 Å². The molecule has 0 fully saturated rings. The normalized spacial score (nSPS) is 9.95. The average Bonchev–Trinajstić information content (AvgIpc) is 2.47. The summed E-state index contributed by atoms with van der Waals surface area (Å²) in [5.41, 5.74) is 1.96. The quantitative estimate of drug-likeness (QED) is 0.863. The van der Waals surface area contributed by atoms with Crippen molar-refractivity contribution in [2.45, 2.75) is 6.04 Å². The molecule has 0 aromatic heterocycles. The van der Waals surface area contributed by atoms with E-state index in [0.717, 1.165) is 16.5 Å². The summed E-state index contributed by atoms with van der Waals surface area (Å²) in [6, 6.07) is 19.1. The zero-order valence-electron chi connectivity index (χ0n) is 10.2. The summed E-state index contributed by atoms with van der Waals surface area (Å²) in [7, 11) is 0. The molecule has 2 aromatic rings. The molecule has 19 heavy (non-hydrogen) atoms. The highest BCUT2D eigenvalue weighted by Crippen LogP contribution is 2.21. The molecule has 0 aliphatic heterocycles. The van der Waals surface area contributed by atoms with Gasteiger partial charge in [-0.3, -0.25) is 4.79 Å². The second-order valence-corrected chi connectivity index (χ2v) is 4.41. The Morgan fingerprint density at radius 3 is 1.84 bits per heavy atom. The Morgan fingerprint density at radius 2 is 1.42 bits per heavy atom. The van der Waals surface area contributed by atoms with Crippen LogP contribution < -0.4 is 5.32 Å². The number of carbonyl (C=O) groups excluding carboxylic acids is 1. The van der Waals surface area contributed by atoms with E-state index in [4.69, 9.17) is 0 Å². The number of benzene rings is 2. The summed E-state index contributed by atoms with van der Waals surface area (Å²) in [5, 5.41) is 3.86. The fourth-order valence-electron chi connectivity index (χ4n) is 1.87. The van der Waals surface area contributed by atoms with Crippen LogP contribution in [0, 0.1) is 0 Å². The first-order chi connectivity index (χ1) is 9.31. The van der Waals surface area contributed by atoms with E-state index in [1.165, 1.54) is 0 Å². The number of nitrogens with one attached hydrogen (secondary N) is 1. The smallest absolute Gasteiger partial charge is 0.257 e. The van der Waals surface area contributed by atoms with Gasteiger partial charge >= 0.3 is 0 Å². The fourth-order valence-corrected chi connectivity index (χ4v) is 2.03. The molecule has 2 aromatic carbocycles. The van der Waals surface area contributed by atoms with Gasteiger partial charge in [-0.1, -0.05) is 60.7 Å². The number of hydrogen-bond acceptors (Lipinski definition) is 2. The third-order valence-electron chi connectivity index (χ3n) is 2.71.